The number of hydrogen-bond acceptors (Lipinski definition) is 3. The van der Waals surface area contributed by atoms with Crippen molar-refractivity contribution in [2.45, 2.75) is 32.1 Å². The normalized spacial score (nSPS) is 14.7. The molecule has 0 aliphatic heterocycles. The van der Waals surface area contributed by atoms with E-state index in [2.05, 4.69) is 10.6 Å². The van der Waals surface area contributed by atoms with E-state index < -0.39 is 0 Å². The smallest absolute Gasteiger partial charge is 0.255 e. The van der Waals surface area contributed by atoms with E-state index in [0.29, 0.717) is 22.6 Å². The molecule has 1 saturated carbocycles. The van der Waals surface area contributed by atoms with Crippen LogP contribution >= 0.6 is 0 Å². The van der Waals surface area contributed by atoms with Crippen molar-refractivity contribution in [1.82, 2.24) is 0 Å². The second-order valence-electron chi connectivity index (χ2n) is 6.45. The highest BCUT2D eigenvalue weighted by Crippen LogP contribution is 2.25. The molecule has 5 nitrogen and oxygen atoms in total. The molecular formula is C20H23N3O2. The number of anilines is 3. The maximum atomic E-state index is 12.4. The number of carbonyl (C=O) groups excluding carboxylic acids is 2. The predicted octanol–water partition coefficient (Wildman–Crippen LogP) is 4.04. The van der Waals surface area contributed by atoms with Gasteiger partial charge in [-0.1, -0.05) is 37.5 Å². The summed E-state index contributed by atoms with van der Waals surface area (Å²) in [6.45, 7) is 0. The van der Waals surface area contributed by atoms with Gasteiger partial charge >= 0.3 is 0 Å². The van der Waals surface area contributed by atoms with Gasteiger partial charge in [-0.2, -0.15) is 0 Å². The van der Waals surface area contributed by atoms with E-state index in [0.717, 1.165) is 25.7 Å². The van der Waals surface area contributed by atoms with Gasteiger partial charge in [0, 0.05) is 17.2 Å². The van der Waals surface area contributed by atoms with E-state index in [1.165, 1.54) is 6.42 Å². The minimum Gasteiger partial charge on any atom is -0.397 e. The van der Waals surface area contributed by atoms with Crippen molar-refractivity contribution in [3.63, 3.8) is 0 Å². The second-order valence-corrected chi connectivity index (χ2v) is 6.45. The van der Waals surface area contributed by atoms with Crippen LogP contribution in [0.4, 0.5) is 17.1 Å². The molecule has 0 saturated heterocycles. The van der Waals surface area contributed by atoms with Crippen LogP contribution in [0.5, 0.6) is 0 Å². The molecule has 1 fully saturated rings. The SMILES string of the molecule is Nc1ccccc1NC(=O)c1cccc(NC(=O)C2CCCCC2)c1. The van der Waals surface area contributed by atoms with E-state index in [1.54, 1.807) is 36.4 Å². The quantitative estimate of drug-likeness (QED) is 0.736. The molecule has 5 heteroatoms. The fourth-order valence-electron chi connectivity index (χ4n) is 3.15. The van der Waals surface area contributed by atoms with Gasteiger partial charge in [0.15, 0.2) is 0 Å². The number of rotatable bonds is 4. The Balaban J connectivity index is 1.67. The summed E-state index contributed by atoms with van der Waals surface area (Å²) in [5.41, 5.74) is 8.06. The van der Waals surface area contributed by atoms with Crippen molar-refractivity contribution in [3.05, 3.63) is 54.1 Å². The van der Waals surface area contributed by atoms with Gasteiger partial charge in [0.05, 0.1) is 11.4 Å². The summed E-state index contributed by atoms with van der Waals surface area (Å²) < 4.78 is 0. The predicted molar refractivity (Wildman–Crippen MR) is 100 cm³/mol. The molecule has 0 spiro atoms. The van der Waals surface area contributed by atoms with Crippen LogP contribution in [0.3, 0.4) is 0 Å². The topological polar surface area (TPSA) is 84.2 Å². The molecular weight excluding hydrogens is 314 g/mol. The van der Waals surface area contributed by atoms with Gasteiger partial charge in [-0.3, -0.25) is 9.59 Å². The van der Waals surface area contributed by atoms with E-state index in [-0.39, 0.29) is 17.7 Å². The Morgan fingerprint density at radius 2 is 1.68 bits per heavy atom. The van der Waals surface area contributed by atoms with Crippen molar-refractivity contribution in [2.24, 2.45) is 5.92 Å². The minimum absolute atomic E-state index is 0.0459. The maximum absolute atomic E-state index is 12.4. The van der Waals surface area contributed by atoms with Gasteiger partial charge in [-0.05, 0) is 43.2 Å². The zero-order chi connectivity index (χ0) is 17.6. The third-order valence-electron chi connectivity index (χ3n) is 4.58. The minimum atomic E-state index is -0.258. The number of amides is 2. The van der Waals surface area contributed by atoms with Crippen molar-refractivity contribution in [2.75, 3.05) is 16.4 Å². The lowest BCUT2D eigenvalue weighted by Gasteiger charge is -2.20. The van der Waals surface area contributed by atoms with E-state index in [1.807, 2.05) is 12.1 Å². The molecule has 130 valence electrons. The zero-order valence-electron chi connectivity index (χ0n) is 14.1. The van der Waals surface area contributed by atoms with Gasteiger partial charge in [-0.15, -0.1) is 0 Å². The highest BCUT2D eigenvalue weighted by atomic mass is 16.2. The largest absolute Gasteiger partial charge is 0.397 e. The Hall–Kier alpha value is -2.82. The summed E-state index contributed by atoms with van der Waals surface area (Å²) in [5, 5.41) is 5.73. The van der Waals surface area contributed by atoms with Gasteiger partial charge in [-0.25, -0.2) is 0 Å². The number of nitrogens with two attached hydrogens (primary N) is 1. The molecule has 0 radical (unpaired) electrons. The summed E-state index contributed by atoms with van der Waals surface area (Å²) in [7, 11) is 0. The lowest BCUT2D eigenvalue weighted by molar-refractivity contribution is -0.120. The fraction of sp³-hybridized carbons (Fsp3) is 0.300. The molecule has 1 aliphatic carbocycles. The van der Waals surface area contributed by atoms with Crippen LogP contribution in [0.2, 0.25) is 0 Å². The number of hydrogen-bond donors (Lipinski definition) is 3. The first-order valence-corrected chi connectivity index (χ1v) is 8.70. The molecule has 3 rings (SSSR count). The van der Waals surface area contributed by atoms with Crippen LogP contribution in [-0.2, 0) is 4.79 Å². The molecule has 0 unspecified atom stereocenters. The molecule has 2 aromatic carbocycles. The highest BCUT2D eigenvalue weighted by molar-refractivity contribution is 6.06. The summed E-state index contributed by atoms with van der Waals surface area (Å²) in [5.74, 6) is -0.133. The van der Waals surface area contributed by atoms with Crippen LogP contribution in [0, 0.1) is 5.92 Å². The van der Waals surface area contributed by atoms with Gasteiger partial charge in [0.1, 0.15) is 0 Å². The van der Waals surface area contributed by atoms with Crippen molar-refractivity contribution in [1.29, 1.82) is 0 Å². The molecule has 1 aliphatic rings. The standard InChI is InChI=1S/C20H23N3O2/c21-17-11-4-5-12-18(17)23-20(25)15-9-6-10-16(13-15)22-19(24)14-7-2-1-3-8-14/h4-6,9-14H,1-3,7-8,21H2,(H,22,24)(H,23,25). The molecule has 0 aromatic heterocycles. The number of para-hydroxylation sites is 2. The molecule has 4 N–H and O–H groups in total. The van der Waals surface area contributed by atoms with E-state index >= 15 is 0 Å². The molecule has 0 bridgehead atoms. The second kappa shape index (κ2) is 7.83. The lowest BCUT2D eigenvalue weighted by atomic mass is 9.88. The Kier molecular flexibility index (Phi) is 5.33. The Labute approximate surface area is 147 Å². The summed E-state index contributed by atoms with van der Waals surface area (Å²) >= 11 is 0. The van der Waals surface area contributed by atoms with E-state index in [4.69, 9.17) is 5.73 Å². The third-order valence-corrected chi connectivity index (χ3v) is 4.58. The molecule has 0 heterocycles. The van der Waals surface area contributed by atoms with Crippen LogP contribution in [0.25, 0.3) is 0 Å². The highest BCUT2D eigenvalue weighted by Gasteiger charge is 2.21. The molecule has 25 heavy (non-hydrogen) atoms. The molecule has 2 amide bonds. The van der Waals surface area contributed by atoms with Gasteiger partial charge in [0.2, 0.25) is 5.91 Å². The van der Waals surface area contributed by atoms with Crippen LogP contribution in [0.1, 0.15) is 42.5 Å². The van der Waals surface area contributed by atoms with Crippen LogP contribution in [0.15, 0.2) is 48.5 Å². The van der Waals surface area contributed by atoms with Crippen molar-refractivity contribution in [3.8, 4) is 0 Å². The van der Waals surface area contributed by atoms with Gasteiger partial charge in [0.25, 0.3) is 5.91 Å². The van der Waals surface area contributed by atoms with E-state index in [9.17, 15) is 9.59 Å². The summed E-state index contributed by atoms with van der Waals surface area (Å²) in [6, 6.07) is 14.1. The average Bonchev–Trinajstić information content (AvgIpc) is 2.64. The summed E-state index contributed by atoms with van der Waals surface area (Å²) in [4.78, 5) is 24.8. The molecule has 2 aromatic rings. The van der Waals surface area contributed by atoms with Crippen LogP contribution in [-0.4, -0.2) is 11.8 Å². The average molecular weight is 337 g/mol. The van der Waals surface area contributed by atoms with Gasteiger partial charge < -0.3 is 16.4 Å². The lowest BCUT2D eigenvalue weighted by Crippen LogP contribution is -2.24. The first-order valence-electron chi connectivity index (χ1n) is 8.70. The number of nitrogen functional groups attached to an aromatic ring is 1. The Bertz CT molecular complexity index is 767. The third kappa shape index (κ3) is 4.38. The summed E-state index contributed by atoms with van der Waals surface area (Å²) in [6.07, 6.45) is 5.32. The maximum Gasteiger partial charge on any atom is 0.255 e. The monoisotopic (exact) mass is 337 g/mol. The van der Waals surface area contributed by atoms with Crippen molar-refractivity contribution < 1.29 is 9.59 Å². The zero-order valence-corrected chi connectivity index (χ0v) is 14.1. The first kappa shape index (κ1) is 17.0. The van der Waals surface area contributed by atoms with Crippen LogP contribution < -0.4 is 16.4 Å². The first-order chi connectivity index (χ1) is 12.1. The number of carbonyl (C=O) groups is 2. The Morgan fingerprint density at radius 1 is 0.920 bits per heavy atom. The molecule has 0 atom stereocenters. The van der Waals surface area contributed by atoms with Crippen molar-refractivity contribution >= 4 is 28.9 Å². The Morgan fingerprint density at radius 3 is 2.44 bits per heavy atom. The fourth-order valence-corrected chi connectivity index (χ4v) is 3.15. The number of nitrogens with one attached hydrogen (secondary N) is 2. The number of benzene rings is 2.